The highest BCUT2D eigenvalue weighted by Crippen LogP contribution is 2.46. The van der Waals surface area contributed by atoms with Gasteiger partial charge in [0, 0.05) is 11.0 Å². The Labute approximate surface area is 152 Å². The first kappa shape index (κ1) is 17.6. The van der Waals surface area contributed by atoms with Crippen molar-refractivity contribution in [3.05, 3.63) is 65.3 Å². The molecule has 1 aliphatic heterocycles. The molecule has 0 spiro atoms. The molecule has 1 aliphatic carbocycles. The molecule has 0 fully saturated rings. The van der Waals surface area contributed by atoms with Gasteiger partial charge in [-0.1, -0.05) is 36.4 Å². The smallest absolute Gasteiger partial charge is 0.279 e. The van der Waals surface area contributed by atoms with Gasteiger partial charge in [-0.3, -0.25) is 4.79 Å². The number of hydrogen-bond acceptors (Lipinski definition) is 3. The van der Waals surface area contributed by atoms with E-state index in [1.807, 2.05) is 31.2 Å². The Morgan fingerprint density at radius 2 is 2.08 bits per heavy atom. The molecule has 6 heteroatoms. The molecular weight excluding hydrogens is 328 g/mol. The predicted octanol–water partition coefficient (Wildman–Crippen LogP) is 2.03. The highest BCUT2D eigenvalue weighted by atomic mass is 16.5. The summed E-state index contributed by atoms with van der Waals surface area (Å²) in [7, 11) is 0. The lowest BCUT2D eigenvalue weighted by molar-refractivity contribution is -0.114. The molecule has 0 saturated heterocycles. The molecule has 1 aromatic rings. The van der Waals surface area contributed by atoms with Gasteiger partial charge < -0.3 is 16.2 Å². The summed E-state index contributed by atoms with van der Waals surface area (Å²) in [5, 5.41) is 9.02. The first-order valence-electron chi connectivity index (χ1n) is 8.32. The summed E-state index contributed by atoms with van der Waals surface area (Å²) in [5.41, 5.74) is 13.2. The number of carbonyl (C=O) groups is 1. The van der Waals surface area contributed by atoms with Crippen molar-refractivity contribution < 1.29 is 9.53 Å². The first-order chi connectivity index (χ1) is 12.4. The van der Waals surface area contributed by atoms with Gasteiger partial charge in [0.15, 0.2) is 5.96 Å². The lowest BCUT2D eigenvalue weighted by atomic mass is 9.70. The van der Waals surface area contributed by atoms with Crippen LogP contribution in [0, 0.1) is 16.7 Å². The van der Waals surface area contributed by atoms with Crippen molar-refractivity contribution in [3.63, 3.8) is 0 Å². The van der Waals surface area contributed by atoms with Crippen molar-refractivity contribution in [3.8, 4) is 6.07 Å². The van der Waals surface area contributed by atoms with Crippen molar-refractivity contribution in [2.24, 2.45) is 21.9 Å². The number of amides is 1. The van der Waals surface area contributed by atoms with Crippen molar-refractivity contribution in [1.29, 1.82) is 5.26 Å². The number of aliphatic imine (C=N–C) groups is 1. The van der Waals surface area contributed by atoms with Gasteiger partial charge >= 0.3 is 0 Å². The number of nitrogens with zero attached hydrogens (tertiary/aromatic N) is 2. The monoisotopic (exact) mass is 348 g/mol. The van der Waals surface area contributed by atoms with Gasteiger partial charge in [0.05, 0.1) is 24.3 Å². The van der Waals surface area contributed by atoms with Crippen LogP contribution in [0.5, 0.6) is 0 Å². The van der Waals surface area contributed by atoms with E-state index < -0.39 is 11.3 Å². The average molecular weight is 348 g/mol. The van der Waals surface area contributed by atoms with Gasteiger partial charge in [-0.15, -0.1) is 0 Å². The molecule has 2 unspecified atom stereocenters. The van der Waals surface area contributed by atoms with Gasteiger partial charge in [0.2, 0.25) is 0 Å². The number of ether oxygens (including phenoxy) is 1. The fraction of sp³-hybridized carbons (Fsp3) is 0.250. The Kier molecular flexibility index (Phi) is 4.74. The molecule has 0 bridgehead atoms. The van der Waals surface area contributed by atoms with Crippen molar-refractivity contribution in [2.75, 3.05) is 6.61 Å². The van der Waals surface area contributed by atoms with Crippen LogP contribution in [0.25, 0.3) is 5.57 Å². The summed E-state index contributed by atoms with van der Waals surface area (Å²) >= 11 is 0. The summed E-state index contributed by atoms with van der Waals surface area (Å²) in [6, 6.07) is 9.53. The minimum Gasteiger partial charge on any atom is -0.373 e. The van der Waals surface area contributed by atoms with Crippen LogP contribution in [0.3, 0.4) is 0 Å². The second kappa shape index (κ2) is 6.98. The summed E-state index contributed by atoms with van der Waals surface area (Å²) < 4.78 is 5.98. The van der Waals surface area contributed by atoms with E-state index in [1.54, 1.807) is 18.2 Å². The van der Waals surface area contributed by atoms with E-state index in [0.717, 1.165) is 17.6 Å². The third-order valence-electron chi connectivity index (χ3n) is 4.64. The number of fused-ring (bicyclic) bond motifs is 1. The van der Waals surface area contributed by atoms with Gasteiger partial charge in [0.1, 0.15) is 0 Å². The largest absolute Gasteiger partial charge is 0.373 e. The number of benzene rings is 1. The Morgan fingerprint density at radius 3 is 2.73 bits per heavy atom. The van der Waals surface area contributed by atoms with Gasteiger partial charge in [0.25, 0.3) is 5.91 Å². The third kappa shape index (κ3) is 3.30. The van der Waals surface area contributed by atoms with Crippen LogP contribution in [0.4, 0.5) is 0 Å². The standard InChI is InChI=1S/C20H20N4O2/c1-20-11-15(18(25)24-19(22)23)8-9-17(20)26-10-2-3-16(20)14-6-4-13(12-21)5-7-14/h3-9,11,17H,2,10H2,1H3,(H4,22,23,24,25). The van der Waals surface area contributed by atoms with Crippen LogP contribution in [-0.2, 0) is 9.53 Å². The SMILES string of the molecule is CC12C=C(C(=O)N=C(N)N)C=CC1OCCC=C2c1ccc(C#N)cc1. The average Bonchev–Trinajstić information content (AvgIpc) is 2.79. The number of hydrogen-bond donors (Lipinski definition) is 2. The van der Waals surface area contributed by atoms with E-state index in [0.29, 0.717) is 17.7 Å². The molecule has 1 amide bonds. The topological polar surface area (TPSA) is 114 Å². The molecule has 2 atom stereocenters. The minimum absolute atomic E-state index is 0.206. The van der Waals surface area contributed by atoms with E-state index in [-0.39, 0.29) is 12.1 Å². The van der Waals surface area contributed by atoms with Crippen LogP contribution < -0.4 is 11.5 Å². The summed E-state index contributed by atoms with van der Waals surface area (Å²) in [6.45, 7) is 2.62. The van der Waals surface area contributed by atoms with Crippen molar-refractivity contribution >= 4 is 17.4 Å². The van der Waals surface area contributed by atoms with Crippen molar-refractivity contribution in [1.82, 2.24) is 0 Å². The maximum absolute atomic E-state index is 12.3. The first-order valence-corrected chi connectivity index (χ1v) is 8.32. The predicted molar refractivity (Wildman–Crippen MR) is 99.6 cm³/mol. The molecule has 1 heterocycles. The number of nitrogens with two attached hydrogens (primary N) is 2. The fourth-order valence-electron chi connectivity index (χ4n) is 3.39. The zero-order valence-corrected chi connectivity index (χ0v) is 14.5. The van der Waals surface area contributed by atoms with Crippen LogP contribution >= 0.6 is 0 Å². The van der Waals surface area contributed by atoms with E-state index in [4.69, 9.17) is 21.5 Å². The zero-order valence-electron chi connectivity index (χ0n) is 14.5. The molecule has 132 valence electrons. The van der Waals surface area contributed by atoms with Gasteiger partial charge in [-0.25, -0.2) is 0 Å². The van der Waals surface area contributed by atoms with Crippen LogP contribution in [0.1, 0.15) is 24.5 Å². The van der Waals surface area contributed by atoms with Crippen LogP contribution in [0.15, 0.2) is 59.1 Å². The second-order valence-electron chi connectivity index (χ2n) is 6.47. The van der Waals surface area contributed by atoms with Gasteiger partial charge in [-0.2, -0.15) is 10.3 Å². The summed E-state index contributed by atoms with van der Waals surface area (Å²) in [5.74, 6) is -0.749. The lowest BCUT2D eigenvalue weighted by Gasteiger charge is -2.37. The Hall–Kier alpha value is -3.17. The molecule has 0 radical (unpaired) electrons. The van der Waals surface area contributed by atoms with E-state index in [2.05, 4.69) is 17.1 Å². The Morgan fingerprint density at radius 1 is 1.35 bits per heavy atom. The Bertz CT molecular complexity index is 883. The maximum atomic E-state index is 12.3. The quantitative estimate of drug-likeness (QED) is 0.627. The number of guanidine groups is 1. The minimum atomic E-state index is -0.552. The highest BCUT2D eigenvalue weighted by Gasteiger charge is 2.40. The van der Waals surface area contributed by atoms with Crippen molar-refractivity contribution in [2.45, 2.75) is 19.4 Å². The molecule has 3 rings (SSSR count). The number of rotatable bonds is 2. The van der Waals surface area contributed by atoms with E-state index >= 15 is 0 Å². The molecule has 2 aliphatic rings. The zero-order chi connectivity index (χ0) is 18.7. The maximum Gasteiger partial charge on any atom is 0.279 e. The summed E-state index contributed by atoms with van der Waals surface area (Å²) in [4.78, 5) is 15.9. The van der Waals surface area contributed by atoms with E-state index in [1.165, 1.54) is 0 Å². The number of carbonyl (C=O) groups excluding carboxylic acids is 1. The molecule has 0 saturated carbocycles. The third-order valence-corrected chi connectivity index (χ3v) is 4.64. The Balaban J connectivity index is 2.06. The fourth-order valence-corrected chi connectivity index (χ4v) is 3.39. The molecule has 26 heavy (non-hydrogen) atoms. The molecule has 6 nitrogen and oxygen atoms in total. The molecule has 0 aromatic heterocycles. The molecule has 4 N–H and O–H groups in total. The number of nitriles is 1. The molecule has 1 aromatic carbocycles. The second-order valence-corrected chi connectivity index (χ2v) is 6.47. The van der Waals surface area contributed by atoms with E-state index in [9.17, 15) is 4.79 Å². The summed E-state index contributed by atoms with van der Waals surface area (Å²) in [6.07, 6.45) is 8.12. The van der Waals surface area contributed by atoms with Gasteiger partial charge in [-0.05, 0) is 36.6 Å². The van der Waals surface area contributed by atoms with Crippen LogP contribution in [-0.4, -0.2) is 24.6 Å². The highest BCUT2D eigenvalue weighted by molar-refractivity contribution is 6.03. The normalized spacial score (nSPS) is 24.4. The van der Waals surface area contributed by atoms with Crippen LogP contribution in [0.2, 0.25) is 0 Å². The lowest BCUT2D eigenvalue weighted by Crippen LogP contribution is -2.35. The molecular formula is C20H20N4O2.